The van der Waals surface area contributed by atoms with Crippen LogP contribution in [0.1, 0.15) is 22.8 Å². The van der Waals surface area contributed by atoms with Crippen LogP contribution < -0.4 is 0 Å². The molecular weight excluding hydrogens is 278 g/mol. The fraction of sp³-hybridized carbons (Fsp3) is 0.300. The summed E-state index contributed by atoms with van der Waals surface area (Å²) >= 11 is 3.18. The van der Waals surface area contributed by atoms with Gasteiger partial charge in [-0.2, -0.15) is 0 Å². The van der Waals surface area contributed by atoms with Crippen LogP contribution in [0.5, 0.6) is 0 Å². The predicted octanol–water partition coefficient (Wildman–Crippen LogP) is 2.84. The molecule has 0 spiro atoms. The Morgan fingerprint density at radius 3 is 2.69 bits per heavy atom. The molecule has 5 nitrogen and oxygen atoms in total. The largest absolute Gasteiger partial charge is 0.462 e. The fourth-order valence-corrected chi connectivity index (χ4v) is 1.84. The number of nitro groups is 1. The van der Waals surface area contributed by atoms with Crippen LogP contribution in [0.4, 0.5) is 5.69 Å². The van der Waals surface area contributed by atoms with Crippen LogP contribution in [0.25, 0.3) is 0 Å². The van der Waals surface area contributed by atoms with E-state index in [9.17, 15) is 14.9 Å². The topological polar surface area (TPSA) is 69.4 Å². The van der Waals surface area contributed by atoms with E-state index in [1.54, 1.807) is 13.8 Å². The zero-order chi connectivity index (χ0) is 12.3. The predicted molar refractivity (Wildman–Crippen MR) is 61.5 cm³/mol. The molecule has 0 aromatic heterocycles. The van der Waals surface area contributed by atoms with Gasteiger partial charge >= 0.3 is 5.97 Å². The van der Waals surface area contributed by atoms with Crippen molar-refractivity contribution in [2.24, 2.45) is 0 Å². The summed E-state index contributed by atoms with van der Waals surface area (Å²) in [6.07, 6.45) is 0. The highest BCUT2D eigenvalue weighted by Crippen LogP contribution is 2.27. The third-order valence-corrected chi connectivity index (χ3v) is 2.63. The Hall–Kier alpha value is -1.43. The first-order valence-corrected chi connectivity index (χ1v) is 5.38. The fourth-order valence-electron chi connectivity index (χ4n) is 1.22. The van der Waals surface area contributed by atoms with Crippen molar-refractivity contribution < 1.29 is 14.5 Å². The van der Waals surface area contributed by atoms with E-state index in [1.807, 2.05) is 0 Å². The van der Waals surface area contributed by atoms with Crippen LogP contribution in [0, 0.1) is 17.0 Å². The number of carbonyl (C=O) groups excluding carboxylic acids is 1. The lowest BCUT2D eigenvalue weighted by atomic mass is 10.1. The van der Waals surface area contributed by atoms with Gasteiger partial charge in [0.25, 0.3) is 5.69 Å². The molecule has 0 amide bonds. The van der Waals surface area contributed by atoms with E-state index in [2.05, 4.69) is 15.9 Å². The molecule has 0 saturated heterocycles. The number of aryl methyl sites for hydroxylation is 1. The van der Waals surface area contributed by atoms with Crippen molar-refractivity contribution in [1.29, 1.82) is 0 Å². The van der Waals surface area contributed by atoms with Crippen molar-refractivity contribution >= 4 is 27.6 Å². The summed E-state index contributed by atoms with van der Waals surface area (Å²) in [5.41, 5.74) is 0.565. The highest BCUT2D eigenvalue weighted by molar-refractivity contribution is 9.10. The van der Waals surface area contributed by atoms with E-state index in [4.69, 9.17) is 4.74 Å². The SMILES string of the molecule is CCOC(=O)c1cc([N+](=O)[O-])c(C)cc1Br. The third kappa shape index (κ3) is 2.57. The molecule has 0 heterocycles. The van der Waals surface area contributed by atoms with E-state index in [0.717, 1.165) is 0 Å². The zero-order valence-electron chi connectivity index (χ0n) is 8.82. The zero-order valence-corrected chi connectivity index (χ0v) is 10.4. The first-order chi connectivity index (χ1) is 7.47. The molecular formula is C10H10BrNO4. The van der Waals surface area contributed by atoms with Crippen LogP contribution >= 0.6 is 15.9 Å². The maximum absolute atomic E-state index is 11.5. The molecule has 0 bridgehead atoms. The molecule has 0 saturated carbocycles. The second-order valence-electron chi connectivity index (χ2n) is 3.10. The Kier molecular flexibility index (Phi) is 4.00. The molecule has 0 aliphatic heterocycles. The van der Waals surface area contributed by atoms with E-state index in [-0.39, 0.29) is 17.9 Å². The molecule has 0 radical (unpaired) electrons. The van der Waals surface area contributed by atoms with Gasteiger partial charge in [0.15, 0.2) is 0 Å². The minimum absolute atomic E-state index is 0.0914. The number of hydrogen-bond acceptors (Lipinski definition) is 4. The molecule has 1 aromatic carbocycles. The lowest BCUT2D eigenvalue weighted by Crippen LogP contribution is -2.07. The number of halogens is 1. The Morgan fingerprint density at radius 2 is 2.19 bits per heavy atom. The summed E-state index contributed by atoms with van der Waals surface area (Å²) < 4.78 is 5.29. The summed E-state index contributed by atoms with van der Waals surface area (Å²) in [5, 5.41) is 10.7. The molecule has 1 aromatic rings. The van der Waals surface area contributed by atoms with Crippen molar-refractivity contribution in [3.63, 3.8) is 0 Å². The normalized spacial score (nSPS) is 9.94. The van der Waals surface area contributed by atoms with E-state index in [0.29, 0.717) is 10.0 Å². The highest BCUT2D eigenvalue weighted by atomic mass is 79.9. The third-order valence-electron chi connectivity index (χ3n) is 1.98. The Balaban J connectivity index is 3.24. The Bertz CT molecular complexity index is 445. The lowest BCUT2D eigenvalue weighted by molar-refractivity contribution is -0.385. The maximum Gasteiger partial charge on any atom is 0.339 e. The van der Waals surface area contributed by atoms with Crippen molar-refractivity contribution in [1.82, 2.24) is 0 Å². The molecule has 6 heteroatoms. The van der Waals surface area contributed by atoms with Crippen molar-refractivity contribution in [3.05, 3.63) is 37.8 Å². The van der Waals surface area contributed by atoms with E-state index in [1.165, 1.54) is 12.1 Å². The van der Waals surface area contributed by atoms with Gasteiger partial charge in [-0.1, -0.05) is 0 Å². The first kappa shape index (κ1) is 12.6. The summed E-state index contributed by atoms with van der Waals surface area (Å²) in [6.45, 7) is 3.51. The number of rotatable bonds is 3. The number of nitro benzene ring substituents is 1. The van der Waals surface area contributed by atoms with Gasteiger partial charge in [-0.3, -0.25) is 10.1 Å². The van der Waals surface area contributed by atoms with Crippen molar-refractivity contribution in [2.75, 3.05) is 6.61 Å². The van der Waals surface area contributed by atoms with Crippen molar-refractivity contribution in [3.8, 4) is 0 Å². The maximum atomic E-state index is 11.5. The molecule has 0 aliphatic carbocycles. The Morgan fingerprint density at radius 1 is 1.56 bits per heavy atom. The molecule has 1 rings (SSSR count). The molecule has 0 unspecified atom stereocenters. The van der Waals surface area contributed by atoms with Gasteiger partial charge in [0.1, 0.15) is 0 Å². The van der Waals surface area contributed by atoms with Gasteiger partial charge in [-0.15, -0.1) is 0 Å². The number of ether oxygens (including phenoxy) is 1. The number of carbonyl (C=O) groups is 1. The lowest BCUT2D eigenvalue weighted by Gasteiger charge is -2.05. The average Bonchev–Trinajstić information content (AvgIpc) is 2.17. The van der Waals surface area contributed by atoms with E-state index >= 15 is 0 Å². The van der Waals surface area contributed by atoms with Crippen molar-refractivity contribution in [2.45, 2.75) is 13.8 Å². The number of hydrogen-bond donors (Lipinski definition) is 0. The summed E-state index contributed by atoms with van der Waals surface area (Å²) in [4.78, 5) is 21.7. The van der Waals surface area contributed by atoms with Gasteiger partial charge < -0.3 is 4.74 Å². The summed E-state index contributed by atoms with van der Waals surface area (Å²) in [7, 11) is 0. The second kappa shape index (κ2) is 5.07. The molecule has 86 valence electrons. The van der Waals surface area contributed by atoms with Crippen LogP contribution in [0.2, 0.25) is 0 Å². The van der Waals surface area contributed by atoms with Gasteiger partial charge in [-0.25, -0.2) is 4.79 Å². The molecule has 16 heavy (non-hydrogen) atoms. The van der Waals surface area contributed by atoms with Gasteiger partial charge in [0, 0.05) is 16.1 Å². The smallest absolute Gasteiger partial charge is 0.339 e. The van der Waals surface area contributed by atoms with Crippen LogP contribution in [-0.4, -0.2) is 17.5 Å². The molecule has 0 atom stereocenters. The van der Waals surface area contributed by atoms with Gasteiger partial charge in [-0.05, 0) is 35.8 Å². The number of benzene rings is 1. The average molecular weight is 288 g/mol. The minimum Gasteiger partial charge on any atom is -0.462 e. The van der Waals surface area contributed by atoms with Crippen LogP contribution in [0.15, 0.2) is 16.6 Å². The highest BCUT2D eigenvalue weighted by Gasteiger charge is 2.19. The quantitative estimate of drug-likeness (QED) is 0.487. The molecule has 0 aliphatic rings. The second-order valence-corrected chi connectivity index (χ2v) is 3.95. The van der Waals surface area contributed by atoms with E-state index < -0.39 is 10.9 Å². The summed E-state index contributed by atoms with van der Waals surface area (Å²) in [5.74, 6) is -0.572. The molecule has 0 fully saturated rings. The van der Waals surface area contributed by atoms with Crippen LogP contribution in [0.3, 0.4) is 0 Å². The van der Waals surface area contributed by atoms with Crippen LogP contribution in [-0.2, 0) is 4.74 Å². The standard InChI is InChI=1S/C10H10BrNO4/c1-3-16-10(13)7-5-9(12(14)15)6(2)4-8(7)11/h4-5H,3H2,1-2H3. The number of nitrogens with zero attached hydrogens (tertiary/aromatic N) is 1. The van der Waals surface area contributed by atoms with Gasteiger partial charge in [0.05, 0.1) is 17.1 Å². The minimum atomic E-state index is -0.572. The number of esters is 1. The van der Waals surface area contributed by atoms with Gasteiger partial charge in [0.2, 0.25) is 0 Å². The summed E-state index contributed by atoms with van der Waals surface area (Å²) in [6, 6.07) is 2.75. The monoisotopic (exact) mass is 287 g/mol. The first-order valence-electron chi connectivity index (χ1n) is 4.59. The Labute approximate surface area is 101 Å². The molecule has 0 N–H and O–H groups in total.